The molecule has 1 amide bonds. The number of rotatable bonds is 7. The van der Waals surface area contributed by atoms with Crippen molar-refractivity contribution in [1.29, 1.82) is 0 Å². The molecule has 0 radical (unpaired) electrons. The number of likely N-dealkylation sites (N-methyl/N-ethyl adjacent to an activating group) is 1. The van der Waals surface area contributed by atoms with Crippen LogP contribution in [0.1, 0.15) is 54.8 Å². The number of aryl methyl sites for hydroxylation is 1. The lowest BCUT2D eigenvalue weighted by molar-refractivity contribution is -0.132. The molecule has 3 rings (SSSR count). The number of nitrogens with zero attached hydrogens (tertiary/aromatic N) is 4. The predicted octanol–water partition coefficient (Wildman–Crippen LogP) is 3.54. The standard InChI is InChI=1S/C20H24N4O3/c1-5-8-18(25)16-11-24(17-10-7-6-9-15(16)17)12-19(26)23(4)13(2)20-21-14(3)22-27-20/h6-7,9-11,13H,5,8,12H2,1-4H3. The zero-order chi connectivity index (χ0) is 19.6. The lowest BCUT2D eigenvalue weighted by Gasteiger charge is -2.22. The number of amides is 1. The number of para-hydroxylation sites is 1. The number of hydrogen-bond acceptors (Lipinski definition) is 5. The fourth-order valence-electron chi connectivity index (χ4n) is 3.08. The van der Waals surface area contributed by atoms with Gasteiger partial charge in [-0.1, -0.05) is 30.3 Å². The molecule has 2 aromatic heterocycles. The van der Waals surface area contributed by atoms with Crippen molar-refractivity contribution in [3.05, 3.63) is 47.7 Å². The third-order valence-electron chi connectivity index (χ3n) is 4.75. The smallest absolute Gasteiger partial charge is 0.249 e. The molecule has 0 aliphatic heterocycles. The Kier molecular flexibility index (Phi) is 5.39. The van der Waals surface area contributed by atoms with Gasteiger partial charge in [0.15, 0.2) is 11.6 Å². The van der Waals surface area contributed by atoms with Gasteiger partial charge in [0.05, 0.1) is 0 Å². The molecule has 27 heavy (non-hydrogen) atoms. The first-order chi connectivity index (χ1) is 12.9. The van der Waals surface area contributed by atoms with E-state index in [2.05, 4.69) is 10.1 Å². The Bertz CT molecular complexity index is 973. The zero-order valence-corrected chi connectivity index (χ0v) is 16.1. The van der Waals surface area contributed by atoms with Crippen LogP contribution in [-0.4, -0.2) is 38.3 Å². The molecule has 0 spiro atoms. The van der Waals surface area contributed by atoms with Gasteiger partial charge in [0.25, 0.3) is 0 Å². The highest BCUT2D eigenvalue weighted by Gasteiger charge is 2.23. The minimum absolute atomic E-state index is 0.1000. The number of carbonyl (C=O) groups is 2. The normalized spacial score (nSPS) is 12.3. The highest BCUT2D eigenvalue weighted by Crippen LogP contribution is 2.24. The molecule has 0 fully saturated rings. The average Bonchev–Trinajstić information content (AvgIpc) is 3.25. The highest BCUT2D eigenvalue weighted by atomic mass is 16.5. The number of fused-ring (bicyclic) bond motifs is 1. The van der Waals surface area contributed by atoms with E-state index in [0.29, 0.717) is 23.7 Å². The quantitative estimate of drug-likeness (QED) is 0.596. The number of aromatic nitrogens is 3. The molecule has 0 aliphatic rings. The van der Waals surface area contributed by atoms with Crippen LogP contribution >= 0.6 is 0 Å². The van der Waals surface area contributed by atoms with Crippen molar-refractivity contribution in [2.45, 2.75) is 46.2 Å². The molecule has 1 aromatic carbocycles. The van der Waals surface area contributed by atoms with E-state index in [4.69, 9.17) is 4.52 Å². The van der Waals surface area contributed by atoms with E-state index < -0.39 is 0 Å². The zero-order valence-electron chi connectivity index (χ0n) is 16.1. The van der Waals surface area contributed by atoms with Crippen molar-refractivity contribution < 1.29 is 14.1 Å². The van der Waals surface area contributed by atoms with E-state index in [1.165, 1.54) is 0 Å². The monoisotopic (exact) mass is 368 g/mol. The lowest BCUT2D eigenvalue weighted by Crippen LogP contribution is -2.32. The lowest BCUT2D eigenvalue weighted by atomic mass is 10.1. The van der Waals surface area contributed by atoms with Gasteiger partial charge >= 0.3 is 0 Å². The molecular formula is C20H24N4O3. The summed E-state index contributed by atoms with van der Waals surface area (Å²) in [7, 11) is 1.71. The van der Waals surface area contributed by atoms with Crippen LogP contribution in [0.2, 0.25) is 0 Å². The van der Waals surface area contributed by atoms with Crippen LogP contribution in [0.15, 0.2) is 35.0 Å². The van der Waals surface area contributed by atoms with Crippen LogP contribution in [0.25, 0.3) is 10.9 Å². The summed E-state index contributed by atoms with van der Waals surface area (Å²) in [6.07, 6.45) is 3.08. The summed E-state index contributed by atoms with van der Waals surface area (Å²) in [5.41, 5.74) is 1.54. The van der Waals surface area contributed by atoms with Crippen molar-refractivity contribution in [3.8, 4) is 0 Å². The van der Waals surface area contributed by atoms with Gasteiger partial charge in [0.2, 0.25) is 11.8 Å². The fourth-order valence-corrected chi connectivity index (χ4v) is 3.08. The summed E-state index contributed by atoms with van der Waals surface area (Å²) in [4.78, 5) is 31.0. The predicted molar refractivity (Wildman–Crippen MR) is 101 cm³/mol. The minimum atomic E-state index is -0.332. The maximum absolute atomic E-state index is 12.8. The second-order valence-electron chi connectivity index (χ2n) is 6.72. The summed E-state index contributed by atoms with van der Waals surface area (Å²) >= 11 is 0. The van der Waals surface area contributed by atoms with E-state index in [1.807, 2.05) is 42.7 Å². The number of benzene rings is 1. The molecule has 0 saturated heterocycles. The van der Waals surface area contributed by atoms with Crippen LogP contribution in [0.3, 0.4) is 0 Å². The molecule has 0 bridgehead atoms. The number of hydrogen-bond donors (Lipinski definition) is 0. The third-order valence-corrected chi connectivity index (χ3v) is 4.75. The Morgan fingerprint density at radius 3 is 2.70 bits per heavy atom. The van der Waals surface area contributed by atoms with Gasteiger partial charge in [-0.25, -0.2) is 0 Å². The summed E-state index contributed by atoms with van der Waals surface area (Å²) < 4.78 is 7.01. The van der Waals surface area contributed by atoms with Gasteiger partial charge in [-0.2, -0.15) is 4.98 Å². The Balaban J connectivity index is 1.85. The maximum atomic E-state index is 12.8. The van der Waals surface area contributed by atoms with E-state index in [1.54, 1.807) is 25.1 Å². The van der Waals surface area contributed by atoms with Gasteiger partial charge in [-0.15, -0.1) is 0 Å². The molecule has 1 unspecified atom stereocenters. The first-order valence-corrected chi connectivity index (χ1v) is 9.09. The molecule has 7 heteroatoms. The van der Waals surface area contributed by atoms with Crippen molar-refractivity contribution in [2.75, 3.05) is 7.05 Å². The van der Waals surface area contributed by atoms with Gasteiger partial charge in [-0.3, -0.25) is 9.59 Å². The summed E-state index contributed by atoms with van der Waals surface area (Å²) in [5, 5.41) is 4.66. The number of Topliss-reactive ketones (excluding diaryl/α,β-unsaturated/α-hetero) is 1. The average molecular weight is 368 g/mol. The second kappa shape index (κ2) is 7.73. The fraction of sp³-hybridized carbons (Fsp3) is 0.400. The van der Waals surface area contributed by atoms with Crippen LogP contribution in [0, 0.1) is 6.92 Å². The summed E-state index contributed by atoms with van der Waals surface area (Å²) in [6, 6.07) is 7.33. The number of ketones is 1. The van der Waals surface area contributed by atoms with Crippen molar-refractivity contribution in [3.63, 3.8) is 0 Å². The second-order valence-corrected chi connectivity index (χ2v) is 6.72. The topological polar surface area (TPSA) is 81.2 Å². The van der Waals surface area contributed by atoms with E-state index in [-0.39, 0.29) is 24.3 Å². The molecule has 0 aliphatic carbocycles. The van der Waals surface area contributed by atoms with Crippen molar-refractivity contribution in [1.82, 2.24) is 19.6 Å². The van der Waals surface area contributed by atoms with Crippen LogP contribution in [-0.2, 0) is 11.3 Å². The van der Waals surface area contributed by atoms with Crippen LogP contribution < -0.4 is 0 Å². The molecule has 7 nitrogen and oxygen atoms in total. The van der Waals surface area contributed by atoms with Crippen molar-refractivity contribution >= 4 is 22.6 Å². The Morgan fingerprint density at radius 2 is 2.04 bits per heavy atom. The summed E-state index contributed by atoms with van der Waals surface area (Å²) in [5.74, 6) is 0.935. The first-order valence-electron chi connectivity index (χ1n) is 9.09. The van der Waals surface area contributed by atoms with E-state index >= 15 is 0 Å². The van der Waals surface area contributed by atoms with E-state index in [0.717, 1.165) is 17.3 Å². The van der Waals surface area contributed by atoms with Gasteiger partial charge in [0, 0.05) is 36.1 Å². The third kappa shape index (κ3) is 3.77. The van der Waals surface area contributed by atoms with Crippen LogP contribution in [0.4, 0.5) is 0 Å². The van der Waals surface area contributed by atoms with Gasteiger partial charge < -0.3 is 14.0 Å². The summed E-state index contributed by atoms with van der Waals surface area (Å²) in [6.45, 7) is 5.70. The van der Waals surface area contributed by atoms with Gasteiger partial charge in [-0.05, 0) is 26.3 Å². The molecule has 0 N–H and O–H groups in total. The molecule has 142 valence electrons. The first kappa shape index (κ1) is 18.8. The maximum Gasteiger partial charge on any atom is 0.249 e. The van der Waals surface area contributed by atoms with Crippen molar-refractivity contribution in [2.24, 2.45) is 0 Å². The van der Waals surface area contributed by atoms with Gasteiger partial charge in [0.1, 0.15) is 12.6 Å². The van der Waals surface area contributed by atoms with Crippen LogP contribution in [0.5, 0.6) is 0 Å². The SMILES string of the molecule is CCCC(=O)c1cn(CC(=O)N(C)C(C)c2nc(C)no2)c2ccccc12. The minimum Gasteiger partial charge on any atom is -0.337 e. The molecule has 1 atom stereocenters. The molecule has 3 aromatic rings. The number of carbonyl (C=O) groups excluding carboxylic acids is 2. The van der Waals surface area contributed by atoms with E-state index in [9.17, 15) is 9.59 Å². The molecular weight excluding hydrogens is 344 g/mol. The molecule has 0 saturated carbocycles. The molecule has 2 heterocycles. The highest BCUT2D eigenvalue weighted by molar-refractivity contribution is 6.08. The Hall–Kier alpha value is -2.96. The largest absolute Gasteiger partial charge is 0.337 e. The Labute approximate surface area is 158 Å². The Morgan fingerprint density at radius 1 is 1.30 bits per heavy atom.